The zero-order valence-electron chi connectivity index (χ0n) is 10.7. The van der Waals surface area contributed by atoms with Gasteiger partial charge in [-0.1, -0.05) is 6.07 Å². The van der Waals surface area contributed by atoms with E-state index in [9.17, 15) is 9.18 Å². The number of hydrogen-bond donors (Lipinski definition) is 2. The van der Waals surface area contributed by atoms with Crippen molar-refractivity contribution in [2.75, 3.05) is 6.61 Å². The van der Waals surface area contributed by atoms with Gasteiger partial charge in [-0.2, -0.15) is 0 Å². The van der Waals surface area contributed by atoms with Crippen molar-refractivity contribution in [1.29, 1.82) is 0 Å². The topological polar surface area (TPSA) is 73.6 Å². The second kappa shape index (κ2) is 5.99. The summed E-state index contributed by atoms with van der Waals surface area (Å²) < 4.78 is 24.1. The minimum absolute atomic E-state index is 0.176. The molecule has 0 radical (unpaired) electrons. The molecule has 19 heavy (non-hydrogen) atoms. The first-order valence-electron chi connectivity index (χ1n) is 6.15. The first-order chi connectivity index (χ1) is 9.10. The maximum atomic E-state index is 13.1. The van der Waals surface area contributed by atoms with E-state index in [0.717, 1.165) is 5.56 Å². The fraction of sp³-hybridized carbons (Fsp3) is 0.462. The van der Waals surface area contributed by atoms with Gasteiger partial charge in [-0.3, -0.25) is 10.2 Å². The van der Waals surface area contributed by atoms with E-state index in [2.05, 4.69) is 5.43 Å². The molecule has 1 aromatic rings. The lowest BCUT2D eigenvalue weighted by Gasteiger charge is -2.15. The number of halogens is 1. The SMILES string of the molecule is Cc1ccc(F)cc1OCC1CCC(C(=O)NN)O1. The summed E-state index contributed by atoms with van der Waals surface area (Å²) in [6.45, 7) is 2.13. The summed E-state index contributed by atoms with van der Waals surface area (Å²) in [5, 5.41) is 0. The second-order valence-electron chi connectivity index (χ2n) is 4.55. The summed E-state index contributed by atoms with van der Waals surface area (Å²) in [5.74, 6) is 4.87. The molecule has 2 atom stereocenters. The largest absolute Gasteiger partial charge is 0.491 e. The summed E-state index contributed by atoms with van der Waals surface area (Å²) >= 11 is 0. The Morgan fingerprint density at radius 1 is 1.58 bits per heavy atom. The molecule has 1 saturated heterocycles. The molecule has 2 rings (SSSR count). The van der Waals surface area contributed by atoms with Crippen LogP contribution in [0, 0.1) is 12.7 Å². The molecule has 6 heteroatoms. The lowest BCUT2D eigenvalue weighted by molar-refractivity contribution is -0.132. The number of hydrazine groups is 1. The zero-order chi connectivity index (χ0) is 13.8. The second-order valence-corrected chi connectivity index (χ2v) is 4.55. The molecule has 104 valence electrons. The standard InChI is InChI=1S/C13H17FN2O3/c1-8-2-3-9(14)6-12(8)18-7-10-4-5-11(19-10)13(17)16-15/h2-3,6,10-11H,4-5,7,15H2,1H3,(H,16,17). The van der Waals surface area contributed by atoms with Crippen molar-refractivity contribution < 1.29 is 18.7 Å². The van der Waals surface area contributed by atoms with Gasteiger partial charge in [0.15, 0.2) is 0 Å². The normalized spacial score (nSPS) is 22.3. The van der Waals surface area contributed by atoms with E-state index in [-0.39, 0.29) is 17.8 Å². The molecule has 0 aromatic heterocycles. The number of benzene rings is 1. The van der Waals surface area contributed by atoms with Gasteiger partial charge in [-0.25, -0.2) is 10.2 Å². The van der Waals surface area contributed by atoms with Crippen molar-refractivity contribution in [3.63, 3.8) is 0 Å². The third kappa shape index (κ3) is 3.42. The van der Waals surface area contributed by atoms with E-state index in [1.165, 1.54) is 12.1 Å². The summed E-state index contributed by atoms with van der Waals surface area (Å²) in [6, 6.07) is 4.38. The molecule has 3 N–H and O–H groups in total. The fourth-order valence-electron chi connectivity index (χ4n) is 2.03. The molecule has 1 heterocycles. The van der Waals surface area contributed by atoms with Crippen molar-refractivity contribution in [1.82, 2.24) is 5.43 Å². The van der Waals surface area contributed by atoms with E-state index in [0.29, 0.717) is 25.2 Å². The van der Waals surface area contributed by atoms with E-state index in [1.807, 2.05) is 6.92 Å². The van der Waals surface area contributed by atoms with Crippen LogP contribution in [0.5, 0.6) is 5.75 Å². The molecule has 1 aliphatic heterocycles. The smallest absolute Gasteiger partial charge is 0.263 e. The van der Waals surface area contributed by atoms with Crippen molar-refractivity contribution in [2.24, 2.45) is 5.84 Å². The molecule has 1 amide bonds. The number of carbonyl (C=O) groups excluding carboxylic acids is 1. The number of hydrogen-bond acceptors (Lipinski definition) is 4. The Balaban J connectivity index is 1.87. The Bertz CT molecular complexity index is 467. The minimum Gasteiger partial charge on any atom is -0.491 e. The lowest BCUT2D eigenvalue weighted by atomic mass is 10.2. The Morgan fingerprint density at radius 3 is 3.11 bits per heavy atom. The summed E-state index contributed by atoms with van der Waals surface area (Å²) in [6.07, 6.45) is 0.628. The summed E-state index contributed by atoms with van der Waals surface area (Å²) in [5.41, 5.74) is 2.92. The molecule has 2 unspecified atom stereocenters. The number of nitrogens with two attached hydrogens (primary N) is 1. The molecule has 0 saturated carbocycles. The number of ether oxygens (including phenoxy) is 2. The highest BCUT2D eigenvalue weighted by molar-refractivity contribution is 5.80. The van der Waals surface area contributed by atoms with Crippen molar-refractivity contribution in [3.8, 4) is 5.75 Å². The Hall–Kier alpha value is -1.66. The van der Waals surface area contributed by atoms with Gasteiger partial charge in [0.1, 0.15) is 24.3 Å². The van der Waals surface area contributed by atoms with E-state index < -0.39 is 6.10 Å². The predicted octanol–water partition coefficient (Wildman–Crippen LogP) is 1.05. The van der Waals surface area contributed by atoms with Gasteiger partial charge in [-0.15, -0.1) is 0 Å². The molecule has 1 aliphatic rings. The zero-order valence-corrected chi connectivity index (χ0v) is 10.7. The number of amides is 1. The molecule has 1 fully saturated rings. The van der Waals surface area contributed by atoms with Crippen LogP contribution in [0.1, 0.15) is 18.4 Å². The number of carbonyl (C=O) groups is 1. The monoisotopic (exact) mass is 268 g/mol. The Kier molecular flexibility index (Phi) is 4.34. The van der Waals surface area contributed by atoms with Crippen LogP contribution >= 0.6 is 0 Å². The van der Waals surface area contributed by atoms with E-state index in [1.54, 1.807) is 6.07 Å². The molecule has 5 nitrogen and oxygen atoms in total. The van der Waals surface area contributed by atoms with E-state index in [4.69, 9.17) is 15.3 Å². The fourth-order valence-corrected chi connectivity index (χ4v) is 2.03. The summed E-state index contributed by atoms with van der Waals surface area (Å²) in [4.78, 5) is 11.3. The van der Waals surface area contributed by atoms with Gasteiger partial charge in [0.2, 0.25) is 0 Å². The highest BCUT2D eigenvalue weighted by atomic mass is 19.1. The molecule has 0 bridgehead atoms. The third-order valence-corrected chi connectivity index (χ3v) is 3.12. The maximum Gasteiger partial charge on any atom is 0.263 e. The van der Waals surface area contributed by atoms with Gasteiger partial charge in [0, 0.05) is 6.07 Å². The Morgan fingerprint density at radius 2 is 2.37 bits per heavy atom. The highest BCUT2D eigenvalue weighted by Crippen LogP contribution is 2.23. The van der Waals surface area contributed by atoms with Crippen LogP contribution in [0.2, 0.25) is 0 Å². The van der Waals surface area contributed by atoms with Crippen LogP contribution < -0.4 is 16.0 Å². The lowest BCUT2D eigenvalue weighted by Crippen LogP contribution is -2.39. The average Bonchev–Trinajstić information content (AvgIpc) is 2.88. The predicted molar refractivity (Wildman–Crippen MR) is 66.9 cm³/mol. The molecule has 0 spiro atoms. The van der Waals surface area contributed by atoms with Crippen molar-refractivity contribution >= 4 is 5.91 Å². The molecular formula is C13H17FN2O3. The van der Waals surface area contributed by atoms with Crippen LogP contribution in [0.25, 0.3) is 0 Å². The third-order valence-electron chi connectivity index (χ3n) is 3.12. The molecular weight excluding hydrogens is 251 g/mol. The van der Waals surface area contributed by atoms with Crippen LogP contribution in [0.4, 0.5) is 4.39 Å². The van der Waals surface area contributed by atoms with Gasteiger partial charge < -0.3 is 9.47 Å². The van der Waals surface area contributed by atoms with Gasteiger partial charge in [-0.05, 0) is 31.4 Å². The quantitative estimate of drug-likeness (QED) is 0.486. The van der Waals surface area contributed by atoms with Crippen molar-refractivity contribution in [2.45, 2.75) is 32.0 Å². The minimum atomic E-state index is -0.521. The maximum absolute atomic E-state index is 13.1. The molecule has 1 aromatic carbocycles. The number of nitrogens with one attached hydrogen (secondary N) is 1. The van der Waals surface area contributed by atoms with Crippen LogP contribution in [-0.4, -0.2) is 24.7 Å². The first-order valence-corrected chi connectivity index (χ1v) is 6.15. The van der Waals surface area contributed by atoms with Crippen LogP contribution in [-0.2, 0) is 9.53 Å². The number of aryl methyl sites for hydroxylation is 1. The highest BCUT2D eigenvalue weighted by Gasteiger charge is 2.30. The van der Waals surface area contributed by atoms with Crippen LogP contribution in [0.15, 0.2) is 18.2 Å². The summed E-state index contributed by atoms with van der Waals surface area (Å²) in [7, 11) is 0. The number of rotatable bonds is 4. The first kappa shape index (κ1) is 13.8. The van der Waals surface area contributed by atoms with Gasteiger partial charge in [0.05, 0.1) is 6.10 Å². The van der Waals surface area contributed by atoms with Gasteiger partial charge in [0.25, 0.3) is 5.91 Å². The molecule has 0 aliphatic carbocycles. The average molecular weight is 268 g/mol. The van der Waals surface area contributed by atoms with Crippen molar-refractivity contribution in [3.05, 3.63) is 29.6 Å². The van der Waals surface area contributed by atoms with Gasteiger partial charge >= 0.3 is 0 Å². The van der Waals surface area contributed by atoms with E-state index >= 15 is 0 Å². The van der Waals surface area contributed by atoms with Crippen LogP contribution in [0.3, 0.4) is 0 Å². The Labute approximate surface area is 110 Å².